The summed E-state index contributed by atoms with van der Waals surface area (Å²) in [5, 5.41) is 17.9. The average molecular weight is 258 g/mol. The molecule has 4 nitrogen and oxygen atoms in total. The third kappa shape index (κ3) is 3.05. The van der Waals surface area contributed by atoms with E-state index in [4.69, 9.17) is 10.4 Å². The smallest absolute Gasteiger partial charge is 0.306 e. The predicted octanol–water partition coefficient (Wildman–Crippen LogP) is 2.64. The molecule has 0 spiro atoms. The van der Waals surface area contributed by atoms with Crippen LogP contribution in [0.2, 0.25) is 0 Å². The van der Waals surface area contributed by atoms with Gasteiger partial charge in [0.25, 0.3) is 0 Å². The minimum atomic E-state index is -0.674. The van der Waals surface area contributed by atoms with Crippen molar-refractivity contribution in [2.24, 2.45) is 5.92 Å². The number of aliphatic carboxylic acids is 1. The van der Waals surface area contributed by atoms with Crippen LogP contribution in [0.4, 0.5) is 5.69 Å². The molecule has 19 heavy (non-hydrogen) atoms. The van der Waals surface area contributed by atoms with Crippen molar-refractivity contribution in [3.05, 3.63) is 29.8 Å². The Hall–Kier alpha value is -2.02. The molecule has 0 radical (unpaired) electrons. The zero-order chi connectivity index (χ0) is 13.8. The van der Waals surface area contributed by atoms with E-state index in [1.54, 1.807) is 6.07 Å². The van der Waals surface area contributed by atoms with Crippen LogP contribution in [0.15, 0.2) is 24.3 Å². The highest BCUT2D eigenvalue weighted by molar-refractivity contribution is 5.70. The van der Waals surface area contributed by atoms with Gasteiger partial charge in [0, 0.05) is 18.8 Å². The second kappa shape index (κ2) is 5.75. The van der Waals surface area contributed by atoms with Crippen molar-refractivity contribution in [2.45, 2.75) is 31.7 Å². The van der Waals surface area contributed by atoms with Gasteiger partial charge in [0.05, 0.1) is 17.6 Å². The fourth-order valence-electron chi connectivity index (χ4n) is 2.72. The normalized spacial score (nSPS) is 22.5. The van der Waals surface area contributed by atoms with E-state index in [0.29, 0.717) is 11.6 Å². The Kier molecular flexibility index (Phi) is 4.06. The second-order valence-corrected chi connectivity index (χ2v) is 5.12. The maximum Gasteiger partial charge on any atom is 0.306 e. The lowest BCUT2D eigenvalue weighted by atomic mass is 9.85. The number of rotatable bonds is 3. The summed E-state index contributed by atoms with van der Waals surface area (Å²) in [6.07, 6.45) is 3.26. The molecule has 0 atom stereocenters. The zero-order valence-electron chi connectivity index (χ0n) is 11.0. The van der Waals surface area contributed by atoms with Gasteiger partial charge in [0.15, 0.2) is 0 Å². The first-order valence-electron chi connectivity index (χ1n) is 6.57. The van der Waals surface area contributed by atoms with Gasteiger partial charge >= 0.3 is 5.97 Å². The van der Waals surface area contributed by atoms with E-state index in [2.05, 4.69) is 11.0 Å². The minimum absolute atomic E-state index is 0.185. The molecule has 0 bridgehead atoms. The Morgan fingerprint density at radius 3 is 2.63 bits per heavy atom. The summed E-state index contributed by atoms with van der Waals surface area (Å²) in [5.41, 5.74) is 1.68. The first kappa shape index (κ1) is 13.4. The van der Waals surface area contributed by atoms with Gasteiger partial charge in [-0.2, -0.15) is 5.26 Å². The Morgan fingerprint density at radius 1 is 1.37 bits per heavy atom. The van der Waals surface area contributed by atoms with Crippen molar-refractivity contribution >= 4 is 11.7 Å². The van der Waals surface area contributed by atoms with Gasteiger partial charge in [-0.05, 0) is 43.9 Å². The maximum absolute atomic E-state index is 10.9. The third-order valence-electron chi connectivity index (χ3n) is 3.98. The van der Waals surface area contributed by atoms with Gasteiger partial charge in [0.1, 0.15) is 0 Å². The molecule has 100 valence electrons. The van der Waals surface area contributed by atoms with E-state index in [1.165, 1.54) is 0 Å². The van der Waals surface area contributed by atoms with Crippen molar-refractivity contribution < 1.29 is 9.90 Å². The standard InChI is InChI=1S/C15H18N2O2/c1-17(14-4-2-3-11(9-14)10-16)13-7-5-12(6-8-13)15(18)19/h2-4,9,12-13H,5-8H2,1H3,(H,18,19). The number of carboxylic acids is 1. The minimum Gasteiger partial charge on any atom is -0.481 e. The predicted molar refractivity (Wildman–Crippen MR) is 72.9 cm³/mol. The fraction of sp³-hybridized carbons (Fsp3) is 0.467. The summed E-state index contributed by atoms with van der Waals surface area (Å²) in [6.45, 7) is 0. The molecule has 1 aliphatic rings. The Morgan fingerprint density at radius 2 is 2.05 bits per heavy atom. The molecule has 4 heteroatoms. The molecular formula is C15H18N2O2. The molecule has 1 N–H and O–H groups in total. The summed E-state index contributed by atoms with van der Waals surface area (Å²) in [7, 11) is 2.02. The van der Waals surface area contributed by atoms with E-state index < -0.39 is 5.97 Å². The molecule has 0 unspecified atom stereocenters. The lowest BCUT2D eigenvalue weighted by Crippen LogP contribution is -2.36. The number of hydrogen-bond acceptors (Lipinski definition) is 3. The monoisotopic (exact) mass is 258 g/mol. The van der Waals surface area contributed by atoms with Crippen LogP contribution in [0.1, 0.15) is 31.2 Å². The van der Waals surface area contributed by atoms with Crippen LogP contribution in [0.25, 0.3) is 0 Å². The Labute approximate surface area is 113 Å². The number of carboxylic acid groups (broad SMARTS) is 1. The summed E-state index contributed by atoms with van der Waals surface area (Å²) >= 11 is 0. The second-order valence-electron chi connectivity index (χ2n) is 5.12. The third-order valence-corrected chi connectivity index (χ3v) is 3.98. The van der Waals surface area contributed by atoms with Gasteiger partial charge in [0.2, 0.25) is 0 Å². The van der Waals surface area contributed by atoms with Gasteiger partial charge in [-0.15, -0.1) is 0 Å². The molecule has 1 aromatic carbocycles. The van der Waals surface area contributed by atoms with E-state index in [-0.39, 0.29) is 5.92 Å². The molecule has 1 saturated carbocycles. The average Bonchev–Trinajstić information content (AvgIpc) is 2.46. The molecule has 2 rings (SSSR count). The SMILES string of the molecule is CN(c1cccc(C#N)c1)C1CCC(C(=O)O)CC1. The van der Waals surface area contributed by atoms with Crippen LogP contribution in [-0.2, 0) is 4.79 Å². The molecule has 0 aliphatic heterocycles. The lowest BCUT2D eigenvalue weighted by molar-refractivity contribution is -0.142. The summed E-state index contributed by atoms with van der Waals surface area (Å²) < 4.78 is 0. The highest BCUT2D eigenvalue weighted by Gasteiger charge is 2.28. The Balaban J connectivity index is 2.03. The van der Waals surface area contributed by atoms with Crippen molar-refractivity contribution in [2.75, 3.05) is 11.9 Å². The van der Waals surface area contributed by atoms with E-state index in [9.17, 15) is 4.79 Å². The first-order chi connectivity index (χ1) is 9.11. The van der Waals surface area contributed by atoms with Crippen molar-refractivity contribution in [1.29, 1.82) is 5.26 Å². The van der Waals surface area contributed by atoms with Crippen LogP contribution < -0.4 is 4.90 Å². The Bertz CT molecular complexity index is 499. The van der Waals surface area contributed by atoms with Crippen LogP contribution in [0, 0.1) is 17.2 Å². The van der Waals surface area contributed by atoms with Crippen molar-refractivity contribution in [3.8, 4) is 6.07 Å². The molecule has 0 heterocycles. The molecule has 1 aliphatic carbocycles. The largest absolute Gasteiger partial charge is 0.481 e. The molecule has 0 aromatic heterocycles. The van der Waals surface area contributed by atoms with Gasteiger partial charge in [-0.1, -0.05) is 6.07 Å². The fourth-order valence-corrected chi connectivity index (χ4v) is 2.72. The van der Waals surface area contributed by atoms with Crippen LogP contribution in [0.5, 0.6) is 0 Å². The molecule has 0 saturated heterocycles. The van der Waals surface area contributed by atoms with Crippen molar-refractivity contribution in [3.63, 3.8) is 0 Å². The van der Waals surface area contributed by atoms with Gasteiger partial charge in [-0.25, -0.2) is 0 Å². The quantitative estimate of drug-likeness (QED) is 0.905. The van der Waals surface area contributed by atoms with Crippen LogP contribution in [0.3, 0.4) is 0 Å². The number of nitrogens with zero attached hydrogens (tertiary/aromatic N) is 2. The lowest BCUT2D eigenvalue weighted by Gasteiger charge is -2.35. The zero-order valence-corrected chi connectivity index (χ0v) is 11.0. The summed E-state index contributed by atoms with van der Waals surface area (Å²) in [4.78, 5) is 13.1. The van der Waals surface area contributed by atoms with Crippen molar-refractivity contribution in [1.82, 2.24) is 0 Å². The van der Waals surface area contributed by atoms with E-state index in [0.717, 1.165) is 31.4 Å². The molecule has 0 amide bonds. The van der Waals surface area contributed by atoms with Gasteiger partial charge in [-0.3, -0.25) is 4.79 Å². The number of hydrogen-bond donors (Lipinski definition) is 1. The molecule has 1 aromatic rings. The topological polar surface area (TPSA) is 64.3 Å². The highest BCUT2D eigenvalue weighted by atomic mass is 16.4. The summed E-state index contributed by atoms with van der Waals surface area (Å²) in [5.74, 6) is -0.859. The molecule has 1 fully saturated rings. The molecular weight excluding hydrogens is 240 g/mol. The highest BCUT2D eigenvalue weighted by Crippen LogP contribution is 2.30. The summed E-state index contributed by atoms with van der Waals surface area (Å²) in [6, 6.07) is 10.0. The van der Waals surface area contributed by atoms with Gasteiger partial charge < -0.3 is 10.0 Å². The van der Waals surface area contributed by atoms with E-state index in [1.807, 2.05) is 25.2 Å². The first-order valence-corrected chi connectivity index (χ1v) is 6.57. The van der Waals surface area contributed by atoms with Crippen LogP contribution >= 0.6 is 0 Å². The van der Waals surface area contributed by atoms with E-state index >= 15 is 0 Å². The van der Waals surface area contributed by atoms with Crippen LogP contribution in [-0.4, -0.2) is 24.2 Å². The number of carbonyl (C=O) groups is 1. The number of anilines is 1. The number of benzene rings is 1. The maximum atomic E-state index is 10.9. The number of nitriles is 1.